The molecule has 0 aromatic carbocycles. The van der Waals surface area contributed by atoms with E-state index < -0.39 is 54.3 Å². The van der Waals surface area contributed by atoms with Crippen molar-refractivity contribution in [3.63, 3.8) is 0 Å². The van der Waals surface area contributed by atoms with Crippen molar-refractivity contribution in [2.24, 2.45) is 44.4 Å². The highest BCUT2D eigenvalue weighted by Gasteiger charge is 2.28. The minimum atomic E-state index is -1.36. The van der Waals surface area contributed by atoms with Crippen LogP contribution in [0.15, 0.2) is 9.98 Å². The van der Waals surface area contributed by atoms with E-state index in [9.17, 15) is 24.0 Å². The highest BCUT2D eigenvalue weighted by molar-refractivity contribution is 5.93. The first-order valence-corrected chi connectivity index (χ1v) is 18.8. The number of amides is 1. The van der Waals surface area contributed by atoms with Crippen molar-refractivity contribution in [2.75, 3.05) is 13.1 Å². The Hall–Kier alpha value is -3.79. The predicted molar refractivity (Wildman–Crippen MR) is 199 cm³/mol. The highest BCUT2D eigenvalue weighted by atomic mass is 16.6. The van der Waals surface area contributed by atoms with Gasteiger partial charge in [0.1, 0.15) is 18.1 Å². The molecule has 0 rings (SSSR count). The number of carbonyl (C=O) groups excluding carboxylic acids is 5. The molecular formula is C35H67N9O7. The van der Waals surface area contributed by atoms with Crippen LogP contribution < -0.4 is 39.7 Å². The average Bonchev–Trinajstić information content (AvgIpc) is 3.08. The summed E-state index contributed by atoms with van der Waals surface area (Å²) in [5.41, 5.74) is 32.7. The number of nitrogens with one attached hydrogen (secondary N) is 1. The lowest BCUT2D eigenvalue weighted by Gasteiger charge is -2.18. The maximum absolute atomic E-state index is 12.9. The van der Waals surface area contributed by atoms with Gasteiger partial charge < -0.3 is 49.2 Å². The fourth-order valence-corrected chi connectivity index (χ4v) is 5.19. The van der Waals surface area contributed by atoms with E-state index in [-0.39, 0.29) is 50.7 Å². The van der Waals surface area contributed by atoms with Crippen LogP contribution in [0.1, 0.15) is 148 Å². The summed E-state index contributed by atoms with van der Waals surface area (Å²) in [6, 6.07) is -3.59. The topological polar surface area (TPSA) is 297 Å². The maximum Gasteiger partial charge on any atom is 0.336 e. The Morgan fingerprint density at radius 2 is 0.941 bits per heavy atom. The molecule has 0 unspecified atom stereocenters. The molecule has 0 aromatic rings. The summed E-state index contributed by atoms with van der Waals surface area (Å²) in [5, 5.41) is 2.55. The molecule has 16 heteroatoms. The molecule has 1 amide bonds. The summed E-state index contributed by atoms with van der Waals surface area (Å²) in [6.45, 7) is 2.72. The summed E-state index contributed by atoms with van der Waals surface area (Å²) in [4.78, 5) is 70.4. The molecule has 0 bridgehead atoms. The first kappa shape index (κ1) is 47.2. The van der Waals surface area contributed by atoms with Gasteiger partial charge in [0.05, 0.1) is 0 Å². The molecule has 0 saturated heterocycles. The fourth-order valence-electron chi connectivity index (χ4n) is 5.19. The number of guanidine groups is 2. The second-order valence-electron chi connectivity index (χ2n) is 13.0. The standard InChI is InChI=1S/C35H67N9O7/c1-2-3-4-5-6-7-8-9-10-11-12-13-14-15-16-21-29(45)44-28(33(49)51-32(48)27(37)20-18-25-43-35(40)41)22-23-30(46)50-31(47)26(36)19-17-24-42-34(38)39/h26-28H,2-25,36-37H2,1H3,(H,44,45)(H4,38,39,42)(H4,40,41,43)/t26-,27-,28-/m0/s1. The van der Waals surface area contributed by atoms with Crippen molar-refractivity contribution in [1.82, 2.24) is 5.32 Å². The molecule has 3 atom stereocenters. The minimum Gasteiger partial charge on any atom is -0.392 e. The van der Waals surface area contributed by atoms with Gasteiger partial charge in [0, 0.05) is 25.9 Å². The third-order valence-electron chi connectivity index (χ3n) is 8.22. The van der Waals surface area contributed by atoms with Crippen LogP contribution in [0.3, 0.4) is 0 Å². The lowest BCUT2D eigenvalue weighted by Crippen LogP contribution is -2.45. The quantitative estimate of drug-likeness (QED) is 0.0178. The van der Waals surface area contributed by atoms with Gasteiger partial charge in [-0.3, -0.25) is 19.6 Å². The fraction of sp³-hybridized carbons (Fsp3) is 0.800. The molecule has 16 nitrogen and oxygen atoms in total. The van der Waals surface area contributed by atoms with Gasteiger partial charge in [-0.25, -0.2) is 14.4 Å². The number of carbonyl (C=O) groups is 5. The summed E-state index contributed by atoms with van der Waals surface area (Å²) in [6.07, 6.45) is 18.3. The molecular weight excluding hydrogens is 658 g/mol. The molecule has 0 radical (unpaired) electrons. The number of rotatable bonds is 31. The SMILES string of the molecule is CCCCCCCCCCCCCCCCCC(=O)N[C@@H](CCC(=O)OC(=O)[C@@H](N)CCCN=C(N)N)C(=O)OC(=O)[C@@H](N)CCCN=C(N)N. The summed E-state index contributed by atoms with van der Waals surface area (Å²) < 4.78 is 9.75. The third-order valence-corrected chi connectivity index (χ3v) is 8.22. The van der Waals surface area contributed by atoms with Crippen LogP contribution in [0.2, 0.25) is 0 Å². The van der Waals surface area contributed by atoms with Gasteiger partial charge in [0.15, 0.2) is 11.9 Å². The summed E-state index contributed by atoms with van der Waals surface area (Å²) in [7, 11) is 0. The third kappa shape index (κ3) is 28.6. The van der Waals surface area contributed by atoms with Crippen LogP contribution in [0.25, 0.3) is 0 Å². The Kier molecular flexibility index (Phi) is 28.7. The number of nitrogens with two attached hydrogens (primary N) is 6. The van der Waals surface area contributed by atoms with Crippen molar-refractivity contribution < 1.29 is 33.4 Å². The van der Waals surface area contributed by atoms with E-state index >= 15 is 0 Å². The van der Waals surface area contributed by atoms with E-state index in [2.05, 4.69) is 22.2 Å². The number of esters is 4. The van der Waals surface area contributed by atoms with Crippen molar-refractivity contribution >= 4 is 41.7 Å². The van der Waals surface area contributed by atoms with Gasteiger partial charge in [-0.1, -0.05) is 96.8 Å². The maximum atomic E-state index is 12.9. The molecule has 0 spiro atoms. The first-order valence-electron chi connectivity index (χ1n) is 18.8. The Morgan fingerprint density at radius 3 is 1.37 bits per heavy atom. The summed E-state index contributed by atoms with van der Waals surface area (Å²) >= 11 is 0. The monoisotopic (exact) mass is 726 g/mol. The number of ether oxygens (including phenoxy) is 2. The van der Waals surface area contributed by atoms with Gasteiger partial charge >= 0.3 is 23.9 Å². The number of hydrogen-bond donors (Lipinski definition) is 7. The van der Waals surface area contributed by atoms with Crippen LogP contribution in [0.4, 0.5) is 0 Å². The van der Waals surface area contributed by atoms with E-state index in [4.69, 9.17) is 43.9 Å². The second-order valence-corrected chi connectivity index (χ2v) is 13.0. The normalized spacial score (nSPS) is 12.6. The Morgan fingerprint density at radius 1 is 0.529 bits per heavy atom. The van der Waals surface area contributed by atoms with E-state index in [1.54, 1.807) is 0 Å². The largest absolute Gasteiger partial charge is 0.392 e. The molecule has 13 N–H and O–H groups in total. The molecule has 0 aliphatic heterocycles. The van der Waals surface area contributed by atoms with E-state index in [0.29, 0.717) is 19.3 Å². The molecule has 0 fully saturated rings. The van der Waals surface area contributed by atoms with Gasteiger partial charge in [-0.2, -0.15) is 0 Å². The first-order chi connectivity index (χ1) is 24.4. The van der Waals surface area contributed by atoms with E-state index in [1.807, 2.05) is 0 Å². The Balaban J connectivity index is 4.76. The minimum absolute atomic E-state index is 0.0946. The molecule has 0 aliphatic carbocycles. The molecule has 0 aliphatic rings. The highest BCUT2D eigenvalue weighted by Crippen LogP contribution is 2.14. The van der Waals surface area contributed by atoms with Crippen molar-refractivity contribution in [3.8, 4) is 0 Å². The number of hydrogen-bond acceptors (Lipinski definition) is 11. The van der Waals surface area contributed by atoms with Gasteiger partial charge in [-0.15, -0.1) is 0 Å². The van der Waals surface area contributed by atoms with Gasteiger partial charge in [0.25, 0.3) is 0 Å². The number of nitrogens with zero attached hydrogens (tertiary/aromatic N) is 2. The lowest BCUT2D eigenvalue weighted by molar-refractivity contribution is -0.163. The van der Waals surface area contributed by atoms with Crippen LogP contribution in [0.5, 0.6) is 0 Å². The Labute approximate surface area is 304 Å². The lowest BCUT2D eigenvalue weighted by atomic mass is 10.0. The van der Waals surface area contributed by atoms with Gasteiger partial charge in [-0.05, 0) is 38.5 Å². The number of unbranched alkanes of at least 4 members (excludes halogenated alkanes) is 14. The molecule has 0 heterocycles. The van der Waals surface area contributed by atoms with Crippen LogP contribution >= 0.6 is 0 Å². The number of aliphatic imine (C=N–C) groups is 2. The van der Waals surface area contributed by atoms with Crippen LogP contribution in [-0.4, -0.2) is 72.9 Å². The van der Waals surface area contributed by atoms with Crippen LogP contribution in [-0.2, 0) is 33.4 Å². The molecule has 0 aromatic heterocycles. The van der Waals surface area contributed by atoms with Crippen molar-refractivity contribution in [2.45, 2.75) is 166 Å². The predicted octanol–water partition coefficient (Wildman–Crippen LogP) is 2.41. The van der Waals surface area contributed by atoms with E-state index in [0.717, 1.165) is 19.3 Å². The average molecular weight is 726 g/mol. The van der Waals surface area contributed by atoms with E-state index in [1.165, 1.54) is 70.6 Å². The van der Waals surface area contributed by atoms with Gasteiger partial charge in [0.2, 0.25) is 5.91 Å². The molecule has 51 heavy (non-hydrogen) atoms. The second kappa shape index (κ2) is 31.0. The zero-order chi connectivity index (χ0) is 38.3. The smallest absolute Gasteiger partial charge is 0.336 e. The summed E-state index contributed by atoms with van der Waals surface area (Å²) in [5.74, 6) is -4.64. The Bertz CT molecular complexity index is 1060. The van der Waals surface area contributed by atoms with Crippen LogP contribution in [0, 0.1) is 0 Å². The molecule has 294 valence electrons. The zero-order valence-corrected chi connectivity index (χ0v) is 30.9. The zero-order valence-electron chi connectivity index (χ0n) is 30.9. The van der Waals surface area contributed by atoms with Crippen molar-refractivity contribution in [3.05, 3.63) is 0 Å². The molecule has 0 saturated carbocycles. The van der Waals surface area contributed by atoms with Crippen molar-refractivity contribution in [1.29, 1.82) is 0 Å².